The lowest BCUT2D eigenvalue weighted by molar-refractivity contribution is -0.178. The van der Waals surface area contributed by atoms with E-state index >= 15 is 0 Å². The van der Waals surface area contributed by atoms with E-state index in [1.807, 2.05) is 0 Å². The maximum atomic E-state index is 13.7. The molecule has 0 radical (unpaired) electrons. The van der Waals surface area contributed by atoms with Crippen molar-refractivity contribution in [3.63, 3.8) is 0 Å². The summed E-state index contributed by atoms with van der Waals surface area (Å²) in [6.45, 7) is 3.20. The summed E-state index contributed by atoms with van der Waals surface area (Å²) in [5.41, 5.74) is -1.37. The van der Waals surface area contributed by atoms with Crippen molar-refractivity contribution in [2.24, 2.45) is 0 Å². The van der Waals surface area contributed by atoms with Crippen LogP contribution in [0, 0.1) is 17.5 Å². The Morgan fingerprint density at radius 3 is 2.42 bits per heavy atom. The smallest absolute Gasteiger partial charge is 0.238 e. The Morgan fingerprint density at radius 1 is 1.22 bits per heavy atom. The third-order valence-electron chi connectivity index (χ3n) is 6.09. The molecule has 7 atom stereocenters. The number of benzene rings is 1. The molecule has 1 saturated heterocycles. The van der Waals surface area contributed by atoms with Crippen molar-refractivity contribution >= 4 is 17.7 Å². The first-order valence-electron chi connectivity index (χ1n) is 11.3. The second-order valence-electron chi connectivity index (χ2n) is 8.42. The molecule has 14 heteroatoms. The number of thioether (sulfide) groups is 1. The second kappa shape index (κ2) is 11.9. The fraction of sp³-hybridized carbons (Fsp3) is 0.591. The van der Waals surface area contributed by atoms with Gasteiger partial charge < -0.3 is 30.1 Å². The fourth-order valence-electron chi connectivity index (χ4n) is 3.80. The molecule has 3 rings (SSSR count). The normalized spacial score (nSPS) is 26.0. The van der Waals surface area contributed by atoms with Crippen LogP contribution in [-0.4, -0.2) is 102 Å². The molecule has 1 aliphatic heterocycles. The van der Waals surface area contributed by atoms with Crippen molar-refractivity contribution in [3.05, 3.63) is 35.8 Å². The fourth-order valence-corrected chi connectivity index (χ4v) is 5.28. The van der Waals surface area contributed by atoms with Gasteiger partial charge in [0.05, 0.1) is 18.9 Å². The highest BCUT2D eigenvalue weighted by Gasteiger charge is 2.48. The number of hydrogen-bond donors (Lipinski definition) is 4. The molecule has 0 saturated carbocycles. The maximum absolute atomic E-state index is 13.7. The number of ether oxygens (including phenoxy) is 1. The Labute approximate surface area is 209 Å². The van der Waals surface area contributed by atoms with Crippen molar-refractivity contribution in [1.29, 1.82) is 0 Å². The molecule has 1 amide bonds. The number of aromatic nitrogens is 3. The molecule has 2 unspecified atom stereocenters. The number of hydrogen-bond acceptors (Lipinski definition) is 9. The van der Waals surface area contributed by atoms with Crippen molar-refractivity contribution in [2.45, 2.75) is 61.4 Å². The van der Waals surface area contributed by atoms with Gasteiger partial charge in [0.25, 0.3) is 0 Å². The first kappa shape index (κ1) is 28.3. The number of aliphatic hydroxyl groups is 4. The van der Waals surface area contributed by atoms with E-state index in [2.05, 4.69) is 10.3 Å². The molecule has 10 nitrogen and oxygen atoms in total. The zero-order chi connectivity index (χ0) is 26.7. The molecule has 0 aliphatic carbocycles. The minimum Gasteiger partial charge on any atom is -0.394 e. The van der Waals surface area contributed by atoms with Gasteiger partial charge in [0.15, 0.2) is 17.5 Å². The van der Waals surface area contributed by atoms with Gasteiger partial charge >= 0.3 is 0 Å². The third-order valence-corrected chi connectivity index (χ3v) is 7.55. The summed E-state index contributed by atoms with van der Waals surface area (Å²) in [6, 6.07) is 0.208. The number of carbonyl (C=O) groups excluding carboxylic acids is 1. The summed E-state index contributed by atoms with van der Waals surface area (Å²) in [5, 5.41) is 48.7. The van der Waals surface area contributed by atoms with Crippen LogP contribution < -0.4 is 0 Å². The van der Waals surface area contributed by atoms with Gasteiger partial charge in [-0.3, -0.25) is 4.79 Å². The van der Waals surface area contributed by atoms with Crippen LogP contribution in [0.4, 0.5) is 13.2 Å². The Bertz CT molecular complexity index is 1040. The summed E-state index contributed by atoms with van der Waals surface area (Å²) in [7, 11) is 1.57. The van der Waals surface area contributed by atoms with Gasteiger partial charge in [-0.15, -0.1) is 16.9 Å². The molecule has 200 valence electrons. The molecular weight excluding hydrogens is 505 g/mol. The van der Waals surface area contributed by atoms with Crippen LogP contribution in [0.3, 0.4) is 0 Å². The summed E-state index contributed by atoms with van der Waals surface area (Å²) in [6.07, 6.45) is -3.80. The van der Waals surface area contributed by atoms with Gasteiger partial charge in [-0.1, -0.05) is 12.1 Å². The highest BCUT2D eigenvalue weighted by molar-refractivity contribution is 8.01. The van der Waals surface area contributed by atoms with Crippen LogP contribution in [0.15, 0.2) is 18.3 Å². The van der Waals surface area contributed by atoms with Gasteiger partial charge in [0.2, 0.25) is 5.91 Å². The highest BCUT2D eigenvalue weighted by Crippen LogP contribution is 2.38. The van der Waals surface area contributed by atoms with Gasteiger partial charge in [-0.2, -0.15) is 0 Å². The third kappa shape index (κ3) is 5.68. The largest absolute Gasteiger partial charge is 0.394 e. The molecule has 1 aliphatic rings. The zero-order valence-corrected chi connectivity index (χ0v) is 20.6. The Kier molecular flexibility index (Phi) is 9.35. The molecular formula is C22H29F3N4O6S. The molecule has 0 bridgehead atoms. The van der Waals surface area contributed by atoms with Gasteiger partial charge in [-0.25, -0.2) is 17.9 Å². The maximum Gasteiger partial charge on any atom is 0.238 e. The first-order chi connectivity index (χ1) is 17.0. The number of nitrogens with zero attached hydrogens (tertiary/aromatic N) is 4. The monoisotopic (exact) mass is 534 g/mol. The topological polar surface area (TPSA) is 141 Å². The van der Waals surface area contributed by atoms with Crippen LogP contribution in [0.5, 0.6) is 0 Å². The van der Waals surface area contributed by atoms with E-state index in [1.165, 1.54) is 11.1 Å². The number of rotatable bonds is 9. The standard InChI is InChI=1S/C22H29F3N4O6S/c1-4-14(31)20(21(34)28(3)5-2)36-22-19(33)17(18(32)15(9-30)35-22)29-8-13(26-27-29)10-6-11(23)16(25)12(24)7-10/h6-8,14-15,17-20,22,30-33H,4-5,9H2,1-3H3/t14?,15-,17+,18+,19-,20?,22+/m1/s1. The van der Waals surface area contributed by atoms with Gasteiger partial charge in [0, 0.05) is 19.2 Å². The SMILES string of the molecule is CCC(O)C(S[C@@H]1O[C@H](CO)[C@H](O)[C@H](n2cc(-c3cc(F)c(F)c(F)c3)nn2)[C@H]1O)C(=O)N(C)CC. The molecule has 0 spiro atoms. The lowest BCUT2D eigenvalue weighted by Crippen LogP contribution is -2.56. The molecule has 1 aromatic heterocycles. The number of amides is 1. The van der Waals surface area contributed by atoms with Crippen molar-refractivity contribution in [3.8, 4) is 11.3 Å². The van der Waals surface area contributed by atoms with E-state index in [9.17, 15) is 38.4 Å². The van der Waals surface area contributed by atoms with Crippen LogP contribution in [-0.2, 0) is 9.53 Å². The average molecular weight is 535 g/mol. The molecule has 2 heterocycles. The van der Waals surface area contributed by atoms with Crippen molar-refractivity contribution < 1.29 is 43.1 Å². The molecule has 1 aromatic carbocycles. The summed E-state index contributed by atoms with van der Waals surface area (Å²) in [5.74, 6) is -4.88. The number of aliphatic hydroxyl groups excluding tert-OH is 4. The Morgan fingerprint density at radius 2 is 1.86 bits per heavy atom. The van der Waals surface area contributed by atoms with E-state index in [0.29, 0.717) is 6.54 Å². The number of carbonyl (C=O) groups is 1. The average Bonchev–Trinajstić information content (AvgIpc) is 3.35. The Hall–Kier alpha value is -2.23. The van der Waals surface area contributed by atoms with Crippen LogP contribution in [0.2, 0.25) is 0 Å². The molecule has 4 N–H and O–H groups in total. The predicted molar refractivity (Wildman–Crippen MR) is 123 cm³/mol. The van der Waals surface area contributed by atoms with Gasteiger partial charge in [-0.05, 0) is 25.5 Å². The van der Waals surface area contributed by atoms with Crippen molar-refractivity contribution in [1.82, 2.24) is 19.9 Å². The molecule has 1 fully saturated rings. The number of halogens is 3. The molecule has 2 aromatic rings. The van der Waals surface area contributed by atoms with E-state index in [4.69, 9.17) is 4.74 Å². The molecule has 36 heavy (non-hydrogen) atoms. The van der Waals surface area contributed by atoms with Crippen LogP contribution >= 0.6 is 11.8 Å². The summed E-state index contributed by atoms with van der Waals surface area (Å²) >= 11 is 0.849. The summed E-state index contributed by atoms with van der Waals surface area (Å²) < 4.78 is 47.4. The highest BCUT2D eigenvalue weighted by atomic mass is 32.2. The Balaban J connectivity index is 1.92. The minimum atomic E-state index is -1.64. The van der Waals surface area contributed by atoms with E-state index in [-0.39, 0.29) is 23.6 Å². The zero-order valence-electron chi connectivity index (χ0n) is 19.8. The minimum absolute atomic E-state index is 0.0672. The van der Waals surface area contributed by atoms with Crippen LogP contribution in [0.25, 0.3) is 11.3 Å². The van der Waals surface area contributed by atoms with Crippen LogP contribution in [0.1, 0.15) is 26.3 Å². The van der Waals surface area contributed by atoms with E-state index in [0.717, 1.165) is 28.6 Å². The van der Waals surface area contributed by atoms with Gasteiger partial charge in [0.1, 0.15) is 40.7 Å². The first-order valence-corrected chi connectivity index (χ1v) is 12.3. The second-order valence-corrected chi connectivity index (χ2v) is 9.66. The van der Waals surface area contributed by atoms with E-state index in [1.54, 1.807) is 20.9 Å². The lowest BCUT2D eigenvalue weighted by atomic mass is 9.97. The van der Waals surface area contributed by atoms with E-state index < -0.39 is 65.2 Å². The predicted octanol–water partition coefficient (Wildman–Crippen LogP) is 0.693. The van der Waals surface area contributed by atoms with Crippen molar-refractivity contribution in [2.75, 3.05) is 20.2 Å². The summed E-state index contributed by atoms with van der Waals surface area (Å²) in [4.78, 5) is 14.3. The lowest BCUT2D eigenvalue weighted by Gasteiger charge is -2.43. The quantitative estimate of drug-likeness (QED) is 0.342.